The number of carbonyl (C=O) groups excluding carboxylic acids is 1. The molecule has 0 aliphatic carbocycles. The normalized spacial score (nSPS) is 18.7. The van der Waals surface area contributed by atoms with Gasteiger partial charge in [0.1, 0.15) is 18.5 Å². The molecule has 0 aromatic heterocycles. The third kappa shape index (κ3) is 7.31. The average molecular weight is 499 g/mol. The van der Waals surface area contributed by atoms with Crippen LogP contribution < -0.4 is 4.74 Å². The Labute approximate surface area is 213 Å². The summed E-state index contributed by atoms with van der Waals surface area (Å²) in [4.78, 5) is 16.5. The van der Waals surface area contributed by atoms with Crippen molar-refractivity contribution in [3.05, 3.63) is 70.3 Å². The summed E-state index contributed by atoms with van der Waals surface area (Å²) in [6.07, 6.45) is 4.88. The van der Waals surface area contributed by atoms with Crippen molar-refractivity contribution < 1.29 is 19.4 Å². The summed E-state index contributed by atoms with van der Waals surface area (Å²) in [6.45, 7) is 7.19. The highest BCUT2D eigenvalue weighted by Crippen LogP contribution is 2.32. The first-order chi connectivity index (χ1) is 17.0. The fourth-order valence-electron chi connectivity index (χ4n) is 4.81. The Morgan fingerprint density at radius 3 is 2.69 bits per heavy atom. The van der Waals surface area contributed by atoms with E-state index in [0.717, 1.165) is 36.5 Å². The number of amides is 1. The standard InChI is InChI=1S/C28H35ClN2O4/c1-21-6-8-24(29)18-26(21)22-10-12-30(13-11-22)19-25(32)20-35-27-5-3-2-4-23(27)7-9-28(33)31-14-16-34-17-15-31/h2-9,18,22,25,32H,10-17,19-20H2,1H3. The van der Waals surface area contributed by atoms with Crippen molar-refractivity contribution in [1.82, 2.24) is 9.80 Å². The number of likely N-dealkylation sites (tertiary alicyclic amines) is 1. The van der Waals surface area contributed by atoms with Crippen LogP contribution in [0.5, 0.6) is 5.75 Å². The van der Waals surface area contributed by atoms with Crippen LogP contribution in [0.4, 0.5) is 0 Å². The Morgan fingerprint density at radius 2 is 1.91 bits per heavy atom. The Kier molecular flexibility index (Phi) is 9.21. The molecule has 35 heavy (non-hydrogen) atoms. The van der Waals surface area contributed by atoms with E-state index in [1.54, 1.807) is 17.1 Å². The van der Waals surface area contributed by atoms with Crippen molar-refractivity contribution in [3.8, 4) is 5.75 Å². The highest BCUT2D eigenvalue weighted by Gasteiger charge is 2.23. The predicted octanol–water partition coefficient (Wildman–Crippen LogP) is 4.14. The molecule has 0 saturated carbocycles. The molecule has 2 saturated heterocycles. The van der Waals surface area contributed by atoms with Gasteiger partial charge in [0.25, 0.3) is 0 Å². The number of nitrogens with zero attached hydrogens (tertiary/aromatic N) is 2. The molecule has 7 heteroatoms. The number of rotatable bonds is 8. The molecular weight excluding hydrogens is 464 g/mol. The zero-order valence-electron chi connectivity index (χ0n) is 20.4. The number of hydrogen-bond acceptors (Lipinski definition) is 5. The minimum atomic E-state index is -0.591. The zero-order chi connectivity index (χ0) is 24.6. The number of aryl methyl sites for hydroxylation is 1. The molecule has 1 N–H and O–H groups in total. The fraction of sp³-hybridized carbons (Fsp3) is 0.464. The molecule has 0 spiro atoms. The van der Waals surface area contributed by atoms with E-state index in [2.05, 4.69) is 24.0 Å². The van der Waals surface area contributed by atoms with Gasteiger partial charge in [0.05, 0.1) is 13.2 Å². The minimum absolute atomic E-state index is 0.0282. The molecule has 2 heterocycles. The number of ether oxygens (including phenoxy) is 2. The van der Waals surface area contributed by atoms with Crippen molar-refractivity contribution in [1.29, 1.82) is 0 Å². The van der Waals surface area contributed by atoms with Gasteiger partial charge in [0.15, 0.2) is 0 Å². The van der Waals surface area contributed by atoms with Crippen LogP contribution in [-0.4, -0.2) is 79.5 Å². The molecule has 2 aromatic rings. The Morgan fingerprint density at radius 1 is 1.17 bits per heavy atom. The highest BCUT2D eigenvalue weighted by molar-refractivity contribution is 6.30. The van der Waals surface area contributed by atoms with E-state index in [4.69, 9.17) is 21.1 Å². The van der Waals surface area contributed by atoms with Crippen LogP contribution in [0.2, 0.25) is 5.02 Å². The molecule has 1 unspecified atom stereocenters. The van der Waals surface area contributed by atoms with E-state index >= 15 is 0 Å². The van der Waals surface area contributed by atoms with Crippen LogP contribution in [0.25, 0.3) is 6.08 Å². The zero-order valence-corrected chi connectivity index (χ0v) is 21.1. The molecule has 0 radical (unpaired) electrons. The number of benzene rings is 2. The van der Waals surface area contributed by atoms with Crippen molar-refractivity contribution >= 4 is 23.6 Å². The van der Waals surface area contributed by atoms with E-state index in [0.29, 0.717) is 44.5 Å². The van der Waals surface area contributed by atoms with Gasteiger partial charge in [-0.05, 0) is 74.2 Å². The minimum Gasteiger partial charge on any atom is -0.490 e. The first-order valence-corrected chi connectivity index (χ1v) is 12.8. The number of β-amino-alcohol motifs (C(OH)–C–C–N with tert-alkyl or cyclic N) is 1. The van der Waals surface area contributed by atoms with Crippen molar-refractivity contribution in [2.75, 3.05) is 52.5 Å². The largest absolute Gasteiger partial charge is 0.490 e. The van der Waals surface area contributed by atoms with E-state index in [-0.39, 0.29) is 12.5 Å². The summed E-state index contributed by atoms with van der Waals surface area (Å²) in [5.41, 5.74) is 3.46. The second-order valence-corrected chi connectivity index (χ2v) is 9.79. The maximum Gasteiger partial charge on any atom is 0.246 e. The third-order valence-electron chi connectivity index (χ3n) is 6.82. The summed E-state index contributed by atoms with van der Waals surface area (Å²) < 4.78 is 11.3. The van der Waals surface area contributed by atoms with E-state index in [1.807, 2.05) is 30.3 Å². The molecule has 1 atom stereocenters. The van der Waals surface area contributed by atoms with Gasteiger partial charge >= 0.3 is 0 Å². The molecule has 2 aromatic carbocycles. The average Bonchev–Trinajstić information content (AvgIpc) is 2.89. The van der Waals surface area contributed by atoms with Crippen molar-refractivity contribution in [3.63, 3.8) is 0 Å². The number of hydrogen-bond donors (Lipinski definition) is 1. The maximum atomic E-state index is 12.4. The topological polar surface area (TPSA) is 62.2 Å². The number of aliphatic hydroxyl groups excluding tert-OH is 1. The summed E-state index contributed by atoms with van der Waals surface area (Å²) in [7, 11) is 0. The van der Waals surface area contributed by atoms with Crippen LogP contribution in [0, 0.1) is 6.92 Å². The lowest BCUT2D eigenvalue weighted by molar-refractivity contribution is -0.129. The molecule has 2 aliphatic heterocycles. The van der Waals surface area contributed by atoms with Crippen LogP contribution in [0.15, 0.2) is 48.5 Å². The van der Waals surface area contributed by atoms with Gasteiger partial charge < -0.3 is 24.4 Å². The van der Waals surface area contributed by atoms with Crippen LogP contribution >= 0.6 is 11.6 Å². The van der Waals surface area contributed by atoms with Gasteiger partial charge in [-0.15, -0.1) is 0 Å². The lowest BCUT2D eigenvalue weighted by Crippen LogP contribution is -2.40. The summed E-state index contributed by atoms with van der Waals surface area (Å²) in [5.74, 6) is 1.14. The summed E-state index contributed by atoms with van der Waals surface area (Å²) in [6, 6.07) is 13.7. The van der Waals surface area contributed by atoms with Crippen LogP contribution in [0.3, 0.4) is 0 Å². The lowest BCUT2D eigenvalue weighted by atomic mass is 9.87. The number of carbonyl (C=O) groups is 1. The van der Waals surface area contributed by atoms with Gasteiger partial charge in [-0.3, -0.25) is 4.79 Å². The first-order valence-electron chi connectivity index (χ1n) is 12.4. The maximum absolute atomic E-state index is 12.4. The van der Waals surface area contributed by atoms with Gasteiger partial charge in [-0.2, -0.15) is 0 Å². The monoisotopic (exact) mass is 498 g/mol. The van der Waals surface area contributed by atoms with Crippen LogP contribution in [-0.2, 0) is 9.53 Å². The quantitative estimate of drug-likeness (QED) is 0.554. The number of morpholine rings is 1. The van der Waals surface area contributed by atoms with Gasteiger partial charge in [0.2, 0.25) is 5.91 Å². The third-order valence-corrected chi connectivity index (χ3v) is 7.05. The van der Waals surface area contributed by atoms with E-state index in [1.165, 1.54) is 11.1 Å². The summed E-state index contributed by atoms with van der Waals surface area (Å²) in [5, 5.41) is 11.4. The smallest absolute Gasteiger partial charge is 0.246 e. The molecule has 0 bridgehead atoms. The Hall–Kier alpha value is -2.38. The predicted molar refractivity (Wildman–Crippen MR) is 139 cm³/mol. The molecule has 2 aliphatic rings. The van der Waals surface area contributed by atoms with Crippen LogP contribution in [0.1, 0.15) is 35.4 Å². The van der Waals surface area contributed by atoms with Crippen molar-refractivity contribution in [2.45, 2.75) is 31.8 Å². The van der Waals surface area contributed by atoms with Gasteiger partial charge in [-0.25, -0.2) is 0 Å². The fourth-order valence-corrected chi connectivity index (χ4v) is 4.99. The lowest BCUT2D eigenvalue weighted by Gasteiger charge is -2.34. The van der Waals surface area contributed by atoms with E-state index < -0.39 is 6.10 Å². The molecule has 1 amide bonds. The molecule has 6 nitrogen and oxygen atoms in total. The highest BCUT2D eigenvalue weighted by atomic mass is 35.5. The molecule has 188 valence electrons. The Balaban J connectivity index is 1.25. The second kappa shape index (κ2) is 12.5. The molecule has 2 fully saturated rings. The summed E-state index contributed by atoms with van der Waals surface area (Å²) >= 11 is 6.22. The van der Waals surface area contributed by atoms with E-state index in [9.17, 15) is 9.90 Å². The number of halogens is 1. The number of aliphatic hydroxyl groups is 1. The molecular formula is C28H35ClN2O4. The Bertz CT molecular complexity index is 1010. The van der Waals surface area contributed by atoms with Crippen molar-refractivity contribution in [2.24, 2.45) is 0 Å². The molecule has 4 rings (SSSR count). The second-order valence-electron chi connectivity index (χ2n) is 9.35. The number of para-hydroxylation sites is 1. The van der Waals surface area contributed by atoms with Gasteiger partial charge in [-0.1, -0.05) is 35.9 Å². The van der Waals surface area contributed by atoms with Gasteiger partial charge in [0, 0.05) is 36.3 Å². The SMILES string of the molecule is Cc1ccc(Cl)cc1C1CCN(CC(O)COc2ccccc2C=CC(=O)N2CCOCC2)CC1. The first kappa shape index (κ1) is 25.7. The number of piperidine rings is 1.